The Labute approximate surface area is 212 Å². The number of aliphatic hydroxyl groups is 4. The Kier molecular flexibility index (Phi) is 10.2. The highest BCUT2D eigenvalue weighted by Crippen LogP contribution is 2.26. The van der Waals surface area contributed by atoms with E-state index < -0.39 is 55.0 Å². The lowest BCUT2D eigenvalue weighted by atomic mass is 9.99. The van der Waals surface area contributed by atoms with Crippen LogP contribution in [0.15, 0.2) is 41.1 Å². The molecule has 1 aromatic carbocycles. The summed E-state index contributed by atoms with van der Waals surface area (Å²) in [5.41, 5.74) is 2.80. The molecule has 1 aromatic rings. The van der Waals surface area contributed by atoms with E-state index in [1.54, 1.807) is 24.3 Å². The highest BCUT2D eigenvalue weighted by Gasteiger charge is 2.44. The Balaban J connectivity index is 1.32. The van der Waals surface area contributed by atoms with Crippen LogP contribution in [0, 0.1) is 0 Å². The van der Waals surface area contributed by atoms with Gasteiger partial charge in [0.25, 0.3) is 11.8 Å². The fraction of sp³-hybridized carbons (Fsp3) is 0.522. The molecule has 0 saturated carbocycles. The minimum atomic E-state index is -1.62. The predicted octanol–water partition coefficient (Wildman–Crippen LogP) is -0.284. The van der Waals surface area contributed by atoms with Crippen molar-refractivity contribution in [2.75, 3.05) is 18.5 Å². The van der Waals surface area contributed by atoms with Gasteiger partial charge in [-0.05, 0) is 25.0 Å². The van der Waals surface area contributed by atoms with Gasteiger partial charge in [0, 0.05) is 18.7 Å². The molecule has 1 fully saturated rings. The van der Waals surface area contributed by atoms with Crippen LogP contribution in [0.5, 0.6) is 0 Å². The van der Waals surface area contributed by atoms with Crippen molar-refractivity contribution < 1.29 is 44.4 Å². The summed E-state index contributed by atoms with van der Waals surface area (Å²) in [5, 5.41) is 41.2. The summed E-state index contributed by atoms with van der Waals surface area (Å²) in [4.78, 5) is 43.0. The van der Waals surface area contributed by atoms with Gasteiger partial charge in [-0.3, -0.25) is 19.3 Å². The summed E-state index contributed by atoms with van der Waals surface area (Å²) in [6.45, 7) is -0.416. The number of amides is 3. The highest BCUT2D eigenvalue weighted by atomic mass is 35.5. The quantitative estimate of drug-likeness (QED) is 0.120. The Morgan fingerprint density at radius 3 is 2.39 bits per heavy atom. The van der Waals surface area contributed by atoms with Crippen LogP contribution < -0.4 is 10.8 Å². The molecule has 0 unspecified atom stereocenters. The number of halogens is 1. The predicted molar refractivity (Wildman–Crippen MR) is 126 cm³/mol. The fourth-order valence-corrected chi connectivity index (χ4v) is 4.00. The number of ether oxygens (including phenoxy) is 1. The first kappa shape index (κ1) is 28.0. The Hall–Kier alpha value is -2.58. The SMILES string of the molecule is O=C(CCCCCCN1C(=O)C(Cl)=C(Nc2ccccc2)C1=O)NO[C@H]1O[C@H](CO)[C@@H](O)[C@H](O)[C@H]1O. The standard InChI is InChI=1S/C23H30ClN3O9/c24-16-17(25-13-8-4-3-5-9-13)22(34)27(21(16)33)11-7-2-1-6-10-15(29)26-36-23-20(32)19(31)18(30)14(12-28)35-23/h3-5,8-9,14,18-20,23,25,28,30-32H,1-2,6-7,10-12H2,(H,26,29)/t14-,18-,19+,20-,23-/m1/s1. The Morgan fingerprint density at radius 1 is 1.00 bits per heavy atom. The third kappa shape index (κ3) is 6.79. The van der Waals surface area contributed by atoms with E-state index in [1.807, 2.05) is 6.07 Å². The Morgan fingerprint density at radius 2 is 1.69 bits per heavy atom. The summed E-state index contributed by atoms with van der Waals surface area (Å²) in [5.74, 6) is -1.53. The van der Waals surface area contributed by atoms with Crippen molar-refractivity contribution in [1.29, 1.82) is 0 Å². The second kappa shape index (κ2) is 13.1. The number of aliphatic hydroxyl groups excluding tert-OH is 4. The molecule has 0 aromatic heterocycles. The lowest BCUT2D eigenvalue weighted by Crippen LogP contribution is -2.60. The van der Waals surface area contributed by atoms with E-state index in [0.29, 0.717) is 31.4 Å². The van der Waals surface area contributed by atoms with Gasteiger partial charge in [-0.1, -0.05) is 42.6 Å². The normalized spacial score (nSPS) is 26.5. The number of rotatable bonds is 12. The first-order valence-electron chi connectivity index (χ1n) is 11.6. The first-order chi connectivity index (χ1) is 17.2. The number of benzene rings is 1. The third-order valence-electron chi connectivity index (χ3n) is 5.83. The number of hydroxylamine groups is 1. The number of hydrogen-bond acceptors (Lipinski definition) is 10. The number of unbranched alkanes of at least 4 members (excludes halogenated alkanes) is 3. The van der Waals surface area contributed by atoms with E-state index in [1.165, 1.54) is 0 Å². The zero-order valence-corrected chi connectivity index (χ0v) is 20.1. The number of anilines is 1. The number of imide groups is 1. The van der Waals surface area contributed by atoms with Gasteiger partial charge in [0.05, 0.1) is 6.61 Å². The van der Waals surface area contributed by atoms with Crippen molar-refractivity contribution in [3.63, 3.8) is 0 Å². The molecular weight excluding hydrogens is 498 g/mol. The van der Waals surface area contributed by atoms with Crippen molar-refractivity contribution in [2.24, 2.45) is 0 Å². The van der Waals surface area contributed by atoms with Crippen LogP contribution in [0.1, 0.15) is 32.1 Å². The zero-order chi connectivity index (χ0) is 26.2. The molecule has 36 heavy (non-hydrogen) atoms. The molecule has 2 heterocycles. The van der Waals surface area contributed by atoms with Crippen LogP contribution in [-0.4, -0.2) is 86.9 Å². The summed E-state index contributed by atoms with van der Waals surface area (Å²) >= 11 is 6.08. The molecule has 0 spiro atoms. The number of nitrogens with zero attached hydrogens (tertiary/aromatic N) is 1. The van der Waals surface area contributed by atoms with E-state index in [2.05, 4.69) is 10.8 Å². The molecule has 12 nitrogen and oxygen atoms in total. The van der Waals surface area contributed by atoms with Crippen LogP contribution in [0.3, 0.4) is 0 Å². The maximum atomic E-state index is 12.6. The van der Waals surface area contributed by atoms with Crippen molar-refractivity contribution in [2.45, 2.75) is 62.8 Å². The van der Waals surface area contributed by atoms with Crippen molar-refractivity contribution >= 4 is 35.0 Å². The third-order valence-corrected chi connectivity index (χ3v) is 6.18. The smallest absolute Gasteiger partial charge is 0.278 e. The fourth-order valence-electron chi connectivity index (χ4n) is 3.77. The molecule has 3 rings (SSSR count). The van der Waals surface area contributed by atoms with Gasteiger partial charge < -0.3 is 30.5 Å². The average Bonchev–Trinajstić information content (AvgIpc) is 3.07. The summed E-state index contributed by atoms with van der Waals surface area (Å²) in [7, 11) is 0. The molecule has 2 aliphatic rings. The van der Waals surface area contributed by atoms with Gasteiger partial charge in [-0.25, -0.2) is 10.3 Å². The van der Waals surface area contributed by atoms with Crippen molar-refractivity contribution in [3.8, 4) is 0 Å². The highest BCUT2D eigenvalue weighted by molar-refractivity contribution is 6.48. The van der Waals surface area contributed by atoms with Gasteiger partial charge in [-0.15, -0.1) is 0 Å². The lowest BCUT2D eigenvalue weighted by molar-refractivity contribution is -0.313. The molecule has 0 bridgehead atoms. The van der Waals surface area contributed by atoms with Gasteiger partial charge in [0.2, 0.25) is 12.2 Å². The minimum absolute atomic E-state index is 0.0453. The van der Waals surface area contributed by atoms with Gasteiger partial charge in [0.1, 0.15) is 35.1 Å². The van der Waals surface area contributed by atoms with E-state index in [4.69, 9.17) is 26.3 Å². The molecule has 0 aliphatic carbocycles. The maximum Gasteiger partial charge on any atom is 0.278 e. The second-order valence-corrected chi connectivity index (χ2v) is 8.82. The second-order valence-electron chi connectivity index (χ2n) is 8.45. The van der Waals surface area contributed by atoms with Gasteiger partial charge >= 0.3 is 0 Å². The van der Waals surface area contributed by atoms with Crippen LogP contribution >= 0.6 is 11.6 Å². The monoisotopic (exact) mass is 527 g/mol. The number of para-hydroxylation sites is 1. The van der Waals surface area contributed by atoms with Crippen LogP contribution in [0.2, 0.25) is 0 Å². The lowest BCUT2D eigenvalue weighted by Gasteiger charge is -2.39. The number of nitrogens with one attached hydrogen (secondary N) is 2. The molecule has 198 valence electrons. The van der Waals surface area contributed by atoms with Crippen molar-refractivity contribution in [3.05, 3.63) is 41.1 Å². The number of carbonyl (C=O) groups is 3. The summed E-state index contributed by atoms with van der Waals surface area (Å²) in [6, 6.07) is 8.91. The molecule has 5 atom stereocenters. The van der Waals surface area contributed by atoms with E-state index in [0.717, 1.165) is 4.90 Å². The minimum Gasteiger partial charge on any atom is -0.394 e. The largest absolute Gasteiger partial charge is 0.394 e. The molecule has 6 N–H and O–H groups in total. The molecule has 2 aliphatic heterocycles. The van der Waals surface area contributed by atoms with Crippen LogP contribution in [-0.2, 0) is 24.0 Å². The summed E-state index contributed by atoms with van der Waals surface area (Å²) in [6.07, 6.45) is -4.95. The Bertz CT molecular complexity index is 959. The topological polar surface area (TPSA) is 178 Å². The maximum absolute atomic E-state index is 12.6. The molecule has 3 amide bonds. The van der Waals surface area contributed by atoms with Crippen molar-refractivity contribution in [1.82, 2.24) is 10.4 Å². The molecule has 1 saturated heterocycles. The van der Waals surface area contributed by atoms with Gasteiger partial charge in [0.15, 0.2) is 0 Å². The first-order valence-corrected chi connectivity index (χ1v) is 12.0. The zero-order valence-electron chi connectivity index (χ0n) is 19.4. The van der Waals surface area contributed by atoms with E-state index >= 15 is 0 Å². The van der Waals surface area contributed by atoms with Gasteiger partial charge in [-0.2, -0.15) is 0 Å². The summed E-state index contributed by atoms with van der Waals surface area (Å²) < 4.78 is 5.13. The molecule has 13 heteroatoms. The van der Waals surface area contributed by atoms with Crippen LogP contribution in [0.25, 0.3) is 0 Å². The average molecular weight is 528 g/mol. The molecular formula is C23H30ClN3O9. The number of carbonyl (C=O) groups excluding carboxylic acids is 3. The number of hydrogen-bond donors (Lipinski definition) is 6. The van der Waals surface area contributed by atoms with E-state index in [9.17, 15) is 29.7 Å². The van der Waals surface area contributed by atoms with E-state index in [-0.39, 0.29) is 23.7 Å². The van der Waals surface area contributed by atoms with Crippen LogP contribution in [0.4, 0.5) is 5.69 Å². The molecule has 0 radical (unpaired) electrons.